The molecule has 35 heavy (non-hydrogen) atoms. The van der Waals surface area contributed by atoms with Crippen LogP contribution in [0.5, 0.6) is 0 Å². The van der Waals surface area contributed by atoms with E-state index in [2.05, 4.69) is 34.1 Å². The Bertz CT molecular complexity index is 1050. The van der Waals surface area contributed by atoms with E-state index in [4.69, 9.17) is 30.6 Å². The van der Waals surface area contributed by atoms with Gasteiger partial charge in [-0.05, 0) is 31.0 Å². The highest BCUT2D eigenvalue weighted by molar-refractivity contribution is 6.38. The molecule has 8 heteroatoms. The van der Waals surface area contributed by atoms with Crippen LogP contribution in [0.3, 0.4) is 0 Å². The van der Waals surface area contributed by atoms with E-state index in [1.807, 2.05) is 47.6 Å². The molecule has 0 aliphatic carbocycles. The largest absolute Gasteiger partial charge is 0.355 e. The molecule has 2 aliphatic rings. The summed E-state index contributed by atoms with van der Waals surface area (Å²) in [6, 6.07) is 6.21. The molecule has 0 saturated carbocycles. The Balaban J connectivity index is 0.000000671. The van der Waals surface area contributed by atoms with Gasteiger partial charge in [0.1, 0.15) is 11.4 Å². The summed E-state index contributed by atoms with van der Waals surface area (Å²) in [6.45, 7) is 18.7. The summed E-state index contributed by atoms with van der Waals surface area (Å²) in [5.74, 6) is 1.28. The van der Waals surface area contributed by atoms with Gasteiger partial charge in [-0.2, -0.15) is 4.98 Å². The predicted octanol–water partition coefficient (Wildman–Crippen LogP) is 7.23. The molecule has 0 unspecified atom stereocenters. The van der Waals surface area contributed by atoms with Gasteiger partial charge in [0.25, 0.3) is 5.89 Å². The molecule has 2 fully saturated rings. The summed E-state index contributed by atoms with van der Waals surface area (Å²) in [6.07, 6.45) is 2.49. The van der Waals surface area contributed by atoms with Crippen molar-refractivity contribution < 1.29 is 14.0 Å². The molecule has 0 radical (unpaired) electrons. The fourth-order valence-corrected chi connectivity index (χ4v) is 4.46. The lowest BCUT2D eigenvalue weighted by atomic mass is 10.0. The first-order valence-electron chi connectivity index (χ1n) is 13.0. The molecule has 0 amide bonds. The third-order valence-corrected chi connectivity index (χ3v) is 6.15. The van der Waals surface area contributed by atoms with Crippen LogP contribution in [0.1, 0.15) is 72.7 Å². The number of piperidine rings is 1. The van der Waals surface area contributed by atoms with Crippen molar-refractivity contribution in [1.29, 1.82) is 0 Å². The minimum atomic E-state index is -0.450. The maximum atomic E-state index is 6.92. The van der Waals surface area contributed by atoms with Crippen molar-refractivity contribution in [2.45, 2.75) is 80.4 Å². The summed E-state index contributed by atoms with van der Waals surface area (Å²) < 4.78 is 17.2. The number of halogens is 1. The third-order valence-electron chi connectivity index (χ3n) is 5.75. The van der Waals surface area contributed by atoms with E-state index >= 15 is 0 Å². The first-order valence-corrected chi connectivity index (χ1v) is 13.4. The van der Waals surface area contributed by atoms with Crippen molar-refractivity contribution in [1.82, 2.24) is 15.1 Å². The van der Waals surface area contributed by atoms with Gasteiger partial charge < -0.3 is 18.9 Å². The topological polar surface area (TPSA) is 73.5 Å². The second-order valence-corrected chi connectivity index (χ2v) is 7.95. The summed E-state index contributed by atoms with van der Waals surface area (Å²) in [5, 5.41) is 5.46. The summed E-state index contributed by atoms with van der Waals surface area (Å²) in [4.78, 5) is 11.6. The van der Waals surface area contributed by atoms with Crippen molar-refractivity contribution in [3.05, 3.63) is 34.6 Å². The number of ether oxygens (including phenoxy) is 2. The Morgan fingerprint density at radius 1 is 0.971 bits per heavy atom. The zero-order chi connectivity index (χ0) is 26.0. The van der Waals surface area contributed by atoms with Gasteiger partial charge >= 0.3 is 0 Å². The highest BCUT2D eigenvalue weighted by Crippen LogP contribution is 2.42. The number of pyridine rings is 1. The van der Waals surface area contributed by atoms with Crippen molar-refractivity contribution in [3.8, 4) is 11.5 Å². The van der Waals surface area contributed by atoms with Gasteiger partial charge in [0, 0.05) is 31.3 Å². The number of aryl methyl sites for hydroxylation is 2. The molecule has 3 aromatic rings. The van der Waals surface area contributed by atoms with Gasteiger partial charge in [-0.1, -0.05) is 71.3 Å². The van der Waals surface area contributed by atoms with Gasteiger partial charge in [0.15, 0.2) is 11.6 Å². The summed E-state index contributed by atoms with van der Waals surface area (Å²) >= 11 is 6.92. The zero-order valence-electron chi connectivity index (χ0n) is 22.6. The number of hydrogen-bond acceptors (Lipinski definition) is 7. The predicted molar refractivity (Wildman–Crippen MR) is 144 cm³/mol. The van der Waals surface area contributed by atoms with Gasteiger partial charge in [-0.25, -0.2) is 4.98 Å². The highest BCUT2D eigenvalue weighted by atomic mass is 35.5. The van der Waals surface area contributed by atoms with Crippen molar-refractivity contribution >= 4 is 28.3 Å². The number of benzene rings is 1. The van der Waals surface area contributed by atoms with Crippen molar-refractivity contribution in [2.24, 2.45) is 0 Å². The molecule has 4 heterocycles. The molecule has 2 aliphatic heterocycles. The normalized spacial score (nSPS) is 16.1. The van der Waals surface area contributed by atoms with E-state index in [0.29, 0.717) is 35.5 Å². The Hall–Kier alpha value is -2.22. The Morgan fingerprint density at radius 2 is 1.60 bits per heavy atom. The maximum absolute atomic E-state index is 6.92. The summed E-state index contributed by atoms with van der Waals surface area (Å²) in [7, 11) is 0. The minimum absolute atomic E-state index is 0.396. The van der Waals surface area contributed by atoms with Crippen LogP contribution in [0, 0.1) is 6.92 Å². The highest BCUT2D eigenvalue weighted by Gasteiger charge is 2.41. The zero-order valence-corrected chi connectivity index (χ0v) is 23.3. The van der Waals surface area contributed by atoms with Crippen molar-refractivity contribution in [2.75, 3.05) is 31.2 Å². The second-order valence-electron chi connectivity index (χ2n) is 7.57. The lowest BCUT2D eigenvalue weighted by Crippen LogP contribution is -2.45. The number of aromatic nitrogens is 3. The molecule has 7 nitrogen and oxygen atoms in total. The van der Waals surface area contributed by atoms with Crippen LogP contribution in [-0.4, -0.2) is 47.2 Å². The first-order chi connectivity index (χ1) is 17.1. The van der Waals surface area contributed by atoms with Gasteiger partial charge in [-0.3, -0.25) is 0 Å². The average Bonchev–Trinajstić information content (AvgIpc) is 3.57. The van der Waals surface area contributed by atoms with Crippen LogP contribution in [0.4, 0.5) is 5.82 Å². The Labute approximate surface area is 215 Å². The molecule has 0 N–H and O–H groups in total. The molecule has 5 rings (SSSR count). The van der Waals surface area contributed by atoms with E-state index in [-0.39, 0.29) is 0 Å². The van der Waals surface area contributed by atoms with Crippen molar-refractivity contribution in [3.63, 3.8) is 0 Å². The standard InChI is InChI=1S/C21H23ClN4O3.3C2H6/c1-3-14-4-5-16-15(12-14)18(22)17(20-23-13(2)25-29-20)19(24-16)26-8-6-21(7-9-26)27-10-11-28-21;3*1-2/h4-5,12H,3,6-11H2,1-2H3;3*1-2H3. The van der Waals surface area contributed by atoms with E-state index < -0.39 is 5.79 Å². The fourth-order valence-electron chi connectivity index (χ4n) is 4.14. The van der Waals surface area contributed by atoms with E-state index in [1.165, 1.54) is 5.56 Å². The average molecular weight is 505 g/mol. The smallest absolute Gasteiger partial charge is 0.263 e. The second kappa shape index (κ2) is 13.8. The molecule has 0 atom stereocenters. The van der Waals surface area contributed by atoms with Crippen LogP contribution in [0.15, 0.2) is 22.7 Å². The Morgan fingerprint density at radius 3 is 2.14 bits per heavy atom. The van der Waals surface area contributed by atoms with E-state index in [0.717, 1.165) is 49.1 Å². The van der Waals surface area contributed by atoms with Crippen LogP contribution < -0.4 is 4.90 Å². The monoisotopic (exact) mass is 504 g/mol. The van der Waals surface area contributed by atoms with Gasteiger partial charge in [-0.15, -0.1) is 0 Å². The van der Waals surface area contributed by atoms with Crippen LogP contribution >= 0.6 is 11.6 Å². The molecular weight excluding hydrogens is 464 g/mol. The number of fused-ring (bicyclic) bond motifs is 1. The molecule has 2 aromatic heterocycles. The molecule has 1 aromatic carbocycles. The molecule has 194 valence electrons. The molecular formula is C27H41ClN4O3. The number of anilines is 1. The maximum Gasteiger partial charge on any atom is 0.263 e. The molecule has 0 bridgehead atoms. The SMILES string of the molecule is CC.CC.CC.CCc1ccc2nc(N3CCC4(CC3)OCCO4)c(-c3nc(C)no3)c(Cl)c2c1. The van der Waals surface area contributed by atoms with Gasteiger partial charge in [0.2, 0.25) is 0 Å². The molecule has 1 spiro atoms. The lowest BCUT2D eigenvalue weighted by molar-refractivity contribution is -0.169. The number of rotatable bonds is 3. The van der Waals surface area contributed by atoms with Gasteiger partial charge in [0.05, 0.1) is 23.8 Å². The van der Waals surface area contributed by atoms with Crippen LogP contribution in [-0.2, 0) is 15.9 Å². The van der Waals surface area contributed by atoms with Crippen LogP contribution in [0.25, 0.3) is 22.4 Å². The number of hydrogen-bond donors (Lipinski definition) is 0. The lowest BCUT2D eigenvalue weighted by Gasteiger charge is -2.38. The minimum Gasteiger partial charge on any atom is -0.355 e. The first kappa shape index (κ1) is 29.0. The number of nitrogens with zero attached hydrogens (tertiary/aromatic N) is 4. The van der Waals surface area contributed by atoms with E-state index in [1.54, 1.807) is 6.92 Å². The summed E-state index contributed by atoms with van der Waals surface area (Å²) in [5.41, 5.74) is 2.75. The Kier molecular flexibility index (Phi) is 11.4. The quantitative estimate of drug-likeness (QED) is 0.372. The molecule has 2 saturated heterocycles. The van der Waals surface area contributed by atoms with E-state index in [9.17, 15) is 0 Å². The third kappa shape index (κ3) is 6.32. The van der Waals surface area contributed by atoms with Crippen LogP contribution in [0.2, 0.25) is 5.02 Å². The fraction of sp³-hybridized carbons (Fsp3) is 0.593.